The molecule has 0 aromatic heterocycles. The maximum absolute atomic E-state index is 14.3. The number of nitrogens with zero attached hydrogens (tertiary/aromatic N) is 2. The Labute approximate surface area is 143 Å². The van der Waals surface area contributed by atoms with Crippen LogP contribution in [0.25, 0.3) is 0 Å². The topological polar surface area (TPSA) is 64.7 Å². The first-order valence-corrected chi connectivity index (χ1v) is 9.52. The van der Waals surface area contributed by atoms with E-state index in [1.54, 1.807) is 13.8 Å². The number of hydrogen-bond acceptors (Lipinski definition) is 3. The van der Waals surface area contributed by atoms with Gasteiger partial charge in [-0.05, 0) is 13.8 Å². The van der Waals surface area contributed by atoms with Gasteiger partial charge >= 0.3 is 0 Å². The van der Waals surface area contributed by atoms with Gasteiger partial charge in [-0.2, -0.15) is 10.5 Å². The summed E-state index contributed by atoms with van der Waals surface area (Å²) in [5, 5.41) is 19.2. The number of benzene rings is 2. The molecule has 2 aromatic carbocycles. The van der Waals surface area contributed by atoms with Gasteiger partial charge in [0.05, 0.1) is 17.3 Å². The smallest absolute Gasteiger partial charge is 0.150 e. The van der Waals surface area contributed by atoms with Gasteiger partial charge in [0.25, 0.3) is 0 Å². The Balaban J connectivity index is 2.78. The summed E-state index contributed by atoms with van der Waals surface area (Å²) in [5.74, 6) is -0.967. The Morgan fingerprint density at radius 3 is 1.46 bits per heavy atom. The van der Waals surface area contributed by atoms with Crippen LogP contribution < -0.4 is 10.6 Å². The molecule has 0 heterocycles. The molecule has 0 aliphatic heterocycles. The van der Waals surface area contributed by atoms with E-state index in [0.29, 0.717) is 10.6 Å². The minimum atomic E-state index is -3.20. The van der Waals surface area contributed by atoms with Crippen molar-refractivity contribution < 1.29 is 4.57 Å². The lowest BCUT2D eigenvalue weighted by Crippen LogP contribution is -2.38. The first-order chi connectivity index (χ1) is 11.3. The minimum Gasteiger partial charge on any atom is -0.313 e. The van der Waals surface area contributed by atoms with Crippen LogP contribution in [0.1, 0.15) is 25.0 Å². The fourth-order valence-corrected chi connectivity index (χ4v) is 6.10. The maximum Gasteiger partial charge on any atom is 0.150 e. The molecule has 122 valence electrons. The van der Waals surface area contributed by atoms with E-state index >= 15 is 0 Å². The summed E-state index contributed by atoms with van der Waals surface area (Å²) in [5.41, 5.74) is 2.15. The summed E-state index contributed by atoms with van der Waals surface area (Å²) < 4.78 is 14.3. The average Bonchev–Trinajstić information content (AvgIpc) is 2.56. The van der Waals surface area contributed by atoms with Gasteiger partial charge in [-0.3, -0.25) is 0 Å². The Kier molecular flexibility index (Phi) is 4.98. The molecule has 4 heteroatoms. The zero-order chi connectivity index (χ0) is 18.0. The molecule has 0 saturated heterocycles. The highest BCUT2D eigenvalue weighted by Gasteiger charge is 2.49. The molecule has 0 aliphatic rings. The van der Waals surface area contributed by atoms with Crippen molar-refractivity contribution in [3.8, 4) is 12.1 Å². The summed E-state index contributed by atoms with van der Waals surface area (Å²) in [4.78, 5) is 0. The van der Waals surface area contributed by atoms with E-state index in [0.717, 1.165) is 11.1 Å². The molecule has 24 heavy (non-hydrogen) atoms. The zero-order valence-electron chi connectivity index (χ0n) is 14.4. The highest BCUT2D eigenvalue weighted by atomic mass is 31.2. The van der Waals surface area contributed by atoms with Crippen LogP contribution >= 0.6 is 7.14 Å². The van der Waals surface area contributed by atoms with Crippen LogP contribution in [-0.4, -0.2) is 5.16 Å². The first kappa shape index (κ1) is 18.0. The molecule has 0 saturated carbocycles. The largest absolute Gasteiger partial charge is 0.313 e. The maximum atomic E-state index is 14.3. The molecular weight excluding hydrogens is 315 g/mol. The third kappa shape index (κ3) is 2.89. The standard InChI is InChI=1S/C20H21N2OP/c1-15-5-9-18(10-6-15)24(23,19-11-7-16(2)8-12-19)20(3,4)17(13-21)14-22/h5-12,17H,1-4H3. The van der Waals surface area contributed by atoms with Gasteiger partial charge in [-0.1, -0.05) is 73.5 Å². The van der Waals surface area contributed by atoms with Crippen LogP contribution in [0.4, 0.5) is 0 Å². The Morgan fingerprint density at radius 1 is 0.833 bits per heavy atom. The normalized spacial score (nSPS) is 11.8. The molecular formula is C20H21N2OP. The molecule has 0 N–H and O–H groups in total. The Hall–Kier alpha value is -2.35. The summed E-state index contributed by atoms with van der Waals surface area (Å²) >= 11 is 0. The van der Waals surface area contributed by atoms with Crippen molar-refractivity contribution in [1.29, 1.82) is 10.5 Å². The van der Waals surface area contributed by atoms with E-state index in [9.17, 15) is 15.1 Å². The zero-order valence-corrected chi connectivity index (χ0v) is 15.3. The van der Waals surface area contributed by atoms with E-state index in [2.05, 4.69) is 0 Å². The second-order valence-electron chi connectivity index (χ2n) is 6.63. The van der Waals surface area contributed by atoms with Crippen molar-refractivity contribution in [2.75, 3.05) is 0 Å². The van der Waals surface area contributed by atoms with Crippen LogP contribution in [-0.2, 0) is 4.57 Å². The molecule has 0 bridgehead atoms. The summed E-state index contributed by atoms with van der Waals surface area (Å²) in [6.07, 6.45) is 0. The third-order valence-corrected chi connectivity index (χ3v) is 8.50. The van der Waals surface area contributed by atoms with Gasteiger partial charge in [-0.15, -0.1) is 0 Å². The van der Waals surface area contributed by atoms with E-state index in [1.165, 1.54) is 0 Å². The predicted octanol–water partition coefficient (Wildman–Crippen LogP) is 4.06. The molecule has 0 unspecified atom stereocenters. The molecule has 0 fully saturated rings. The van der Waals surface area contributed by atoms with E-state index in [1.807, 2.05) is 74.5 Å². The number of aryl methyl sites for hydroxylation is 2. The van der Waals surface area contributed by atoms with Crippen LogP contribution in [0, 0.1) is 42.4 Å². The van der Waals surface area contributed by atoms with Crippen molar-refractivity contribution in [3.05, 3.63) is 59.7 Å². The predicted molar refractivity (Wildman–Crippen MR) is 98.0 cm³/mol. The lowest BCUT2D eigenvalue weighted by molar-refractivity contribution is 0.529. The molecule has 0 atom stereocenters. The van der Waals surface area contributed by atoms with Crippen LogP contribution in [0.5, 0.6) is 0 Å². The lowest BCUT2D eigenvalue weighted by Gasteiger charge is -2.36. The quantitative estimate of drug-likeness (QED) is 0.791. The Morgan fingerprint density at radius 2 is 1.17 bits per heavy atom. The van der Waals surface area contributed by atoms with Gasteiger partial charge in [0.1, 0.15) is 5.92 Å². The first-order valence-electron chi connectivity index (χ1n) is 7.81. The van der Waals surface area contributed by atoms with Crippen molar-refractivity contribution in [3.63, 3.8) is 0 Å². The fraction of sp³-hybridized carbons (Fsp3) is 0.300. The third-order valence-electron chi connectivity index (χ3n) is 4.57. The minimum absolute atomic E-state index is 0.678. The van der Waals surface area contributed by atoms with Gasteiger partial charge in [0.15, 0.2) is 7.14 Å². The molecule has 0 radical (unpaired) electrons. The average molecular weight is 336 g/mol. The molecule has 0 aliphatic carbocycles. The molecule has 0 amide bonds. The van der Waals surface area contributed by atoms with Crippen LogP contribution in [0.2, 0.25) is 0 Å². The van der Waals surface area contributed by atoms with Crippen molar-refractivity contribution >= 4 is 17.8 Å². The van der Waals surface area contributed by atoms with Gasteiger partial charge < -0.3 is 4.57 Å². The van der Waals surface area contributed by atoms with Crippen LogP contribution in [0.15, 0.2) is 48.5 Å². The SMILES string of the molecule is Cc1ccc(P(=O)(c2ccc(C)cc2)C(C)(C)C(C#N)C#N)cc1. The summed E-state index contributed by atoms with van der Waals surface area (Å²) in [7, 11) is -3.20. The van der Waals surface area contributed by atoms with E-state index < -0.39 is 18.2 Å². The van der Waals surface area contributed by atoms with Crippen molar-refractivity contribution in [2.24, 2.45) is 5.92 Å². The summed E-state index contributed by atoms with van der Waals surface area (Å²) in [6.45, 7) is 7.45. The monoisotopic (exact) mass is 336 g/mol. The molecule has 2 aromatic rings. The number of rotatable bonds is 4. The van der Waals surface area contributed by atoms with Crippen molar-refractivity contribution in [2.45, 2.75) is 32.9 Å². The highest BCUT2D eigenvalue weighted by molar-refractivity contribution is 7.80. The fourth-order valence-electron chi connectivity index (χ4n) is 2.85. The molecule has 0 spiro atoms. The molecule has 3 nitrogen and oxygen atoms in total. The van der Waals surface area contributed by atoms with Gasteiger partial charge in [0, 0.05) is 10.6 Å². The molecule has 2 rings (SSSR count). The van der Waals surface area contributed by atoms with E-state index in [4.69, 9.17) is 0 Å². The Bertz CT molecular complexity index is 789. The van der Waals surface area contributed by atoms with Crippen molar-refractivity contribution in [1.82, 2.24) is 0 Å². The summed E-state index contributed by atoms with van der Waals surface area (Å²) in [6, 6.07) is 19.1. The number of nitriles is 2. The highest BCUT2D eigenvalue weighted by Crippen LogP contribution is 2.58. The van der Waals surface area contributed by atoms with E-state index in [-0.39, 0.29) is 0 Å². The second kappa shape index (κ2) is 6.64. The van der Waals surface area contributed by atoms with Crippen LogP contribution in [0.3, 0.4) is 0 Å². The van der Waals surface area contributed by atoms with Gasteiger partial charge in [-0.25, -0.2) is 0 Å². The van der Waals surface area contributed by atoms with Gasteiger partial charge in [0.2, 0.25) is 0 Å². The number of hydrogen-bond donors (Lipinski definition) is 0. The lowest BCUT2D eigenvalue weighted by atomic mass is 9.98. The second-order valence-corrected chi connectivity index (χ2v) is 10.0.